The molecule has 0 unspecified atom stereocenters. The number of nitrogens with zero attached hydrogens (tertiary/aromatic N) is 2. The van der Waals surface area contributed by atoms with Crippen molar-refractivity contribution < 1.29 is 9.18 Å². The summed E-state index contributed by atoms with van der Waals surface area (Å²) >= 11 is 2.66. The van der Waals surface area contributed by atoms with Crippen LogP contribution in [0.4, 0.5) is 9.52 Å². The molecule has 8 heteroatoms. The molecule has 2 aromatic heterocycles. The van der Waals surface area contributed by atoms with E-state index in [2.05, 4.69) is 20.3 Å². The summed E-state index contributed by atoms with van der Waals surface area (Å²) in [5.41, 5.74) is 1.62. The highest BCUT2D eigenvalue weighted by Gasteiger charge is 2.08. The number of anilines is 1. The second-order valence-electron chi connectivity index (χ2n) is 4.28. The van der Waals surface area contributed by atoms with Crippen molar-refractivity contribution in [1.29, 1.82) is 0 Å². The van der Waals surface area contributed by atoms with Crippen LogP contribution < -0.4 is 5.32 Å². The Hall–Kier alpha value is -2.19. The molecule has 0 aliphatic carbocycles. The number of rotatable bonds is 5. The van der Waals surface area contributed by atoms with E-state index in [4.69, 9.17) is 0 Å². The van der Waals surface area contributed by atoms with Gasteiger partial charge in [0.05, 0.1) is 17.6 Å². The number of thiazole rings is 1. The largest absolute Gasteiger partial charge is 0.333 e. The summed E-state index contributed by atoms with van der Waals surface area (Å²) in [5.74, 6) is -0.188. The average molecular weight is 334 g/mol. The van der Waals surface area contributed by atoms with Crippen LogP contribution in [0.3, 0.4) is 0 Å². The molecule has 2 heterocycles. The quantitative estimate of drug-likeness (QED) is 0.702. The van der Waals surface area contributed by atoms with E-state index in [1.54, 1.807) is 29.9 Å². The molecule has 1 aromatic carbocycles. The van der Waals surface area contributed by atoms with E-state index in [0.29, 0.717) is 10.3 Å². The van der Waals surface area contributed by atoms with Gasteiger partial charge in [-0.2, -0.15) is 0 Å². The van der Waals surface area contributed by atoms with E-state index in [1.165, 1.54) is 35.2 Å². The van der Waals surface area contributed by atoms with Crippen molar-refractivity contribution in [3.63, 3.8) is 0 Å². The van der Waals surface area contributed by atoms with Crippen molar-refractivity contribution in [3.8, 4) is 11.3 Å². The Morgan fingerprint density at radius 3 is 2.86 bits per heavy atom. The molecule has 0 radical (unpaired) electrons. The summed E-state index contributed by atoms with van der Waals surface area (Å²) in [7, 11) is 0. The summed E-state index contributed by atoms with van der Waals surface area (Å²) in [6.45, 7) is 0. The van der Waals surface area contributed by atoms with Gasteiger partial charge in [0.25, 0.3) is 0 Å². The molecule has 0 atom stereocenters. The minimum atomic E-state index is -0.281. The highest BCUT2D eigenvalue weighted by atomic mass is 32.2. The SMILES string of the molecule is O=C(CSc1ncc(-c2ccc(F)cc2)[nH]1)Nc1nccs1. The van der Waals surface area contributed by atoms with Gasteiger partial charge >= 0.3 is 0 Å². The monoisotopic (exact) mass is 334 g/mol. The molecule has 112 valence electrons. The molecule has 3 rings (SSSR count). The normalized spacial score (nSPS) is 10.6. The topological polar surface area (TPSA) is 70.7 Å². The lowest BCUT2D eigenvalue weighted by molar-refractivity contribution is -0.113. The number of nitrogens with one attached hydrogen (secondary N) is 2. The predicted molar refractivity (Wildman–Crippen MR) is 85.4 cm³/mol. The lowest BCUT2D eigenvalue weighted by Gasteiger charge is -2.00. The van der Waals surface area contributed by atoms with Crippen LogP contribution in [-0.2, 0) is 4.79 Å². The summed E-state index contributed by atoms with van der Waals surface area (Å²) < 4.78 is 12.9. The third kappa shape index (κ3) is 3.71. The van der Waals surface area contributed by atoms with Gasteiger partial charge in [0.1, 0.15) is 5.82 Å². The van der Waals surface area contributed by atoms with Gasteiger partial charge in [-0.3, -0.25) is 4.79 Å². The molecule has 0 aliphatic rings. The number of carbonyl (C=O) groups excluding carboxylic acids is 1. The van der Waals surface area contributed by atoms with Crippen LogP contribution in [0.25, 0.3) is 11.3 Å². The standard InChI is InChI=1S/C14H11FN4OS2/c15-10-3-1-9(2-4-10)11-7-17-14(18-11)22-8-12(20)19-13-16-5-6-21-13/h1-7H,8H2,(H,17,18)(H,16,19,20). The number of thioether (sulfide) groups is 1. The Bertz CT molecular complexity index is 756. The van der Waals surface area contributed by atoms with Crippen LogP contribution in [0.1, 0.15) is 0 Å². The zero-order valence-corrected chi connectivity index (χ0v) is 12.9. The van der Waals surface area contributed by atoms with Crippen molar-refractivity contribution in [3.05, 3.63) is 47.9 Å². The number of hydrogen-bond donors (Lipinski definition) is 2. The number of aromatic nitrogens is 3. The molecular weight excluding hydrogens is 323 g/mol. The molecule has 0 spiro atoms. The number of amides is 1. The first-order chi connectivity index (χ1) is 10.7. The maximum Gasteiger partial charge on any atom is 0.236 e. The van der Waals surface area contributed by atoms with Gasteiger partial charge in [-0.15, -0.1) is 11.3 Å². The third-order valence-electron chi connectivity index (χ3n) is 2.73. The van der Waals surface area contributed by atoms with Crippen LogP contribution in [0.5, 0.6) is 0 Å². The first-order valence-electron chi connectivity index (χ1n) is 6.34. The second-order valence-corrected chi connectivity index (χ2v) is 6.14. The fraction of sp³-hybridized carbons (Fsp3) is 0.0714. The molecule has 0 aliphatic heterocycles. The van der Waals surface area contributed by atoms with Crippen molar-refractivity contribution in [2.24, 2.45) is 0 Å². The number of benzene rings is 1. The molecule has 2 N–H and O–H groups in total. The number of halogens is 1. The first-order valence-corrected chi connectivity index (χ1v) is 8.20. The summed E-state index contributed by atoms with van der Waals surface area (Å²) in [6, 6.07) is 6.13. The highest BCUT2D eigenvalue weighted by Crippen LogP contribution is 2.22. The summed E-state index contributed by atoms with van der Waals surface area (Å²) in [4.78, 5) is 23.0. The van der Waals surface area contributed by atoms with Gasteiger partial charge in [0.15, 0.2) is 10.3 Å². The molecule has 0 saturated carbocycles. The lowest BCUT2D eigenvalue weighted by atomic mass is 10.2. The molecule has 0 fully saturated rings. The Morgan fingerprint density at radius 2 is 2.14 bits per heavy atom. The van der Waals surface area contributed by atoms with Crippen LogP contribution in [0.15, 0.2) is 47.2 Å². The zero-order chi connectivity index (χ0) is 15.4. The molecule has 0 saturated heterocycles. The number of aromatic amines is 1. The van der Waals surface area contributed by atoms with Crippen LogP contribution >= 0.6 is 23.1 Å². The molecular formula is C14H11FN4OS2. The van der Waals surface area contributed by atoms with Crippen molar-refractivity contribution in [1.82, 2.24) is 15.0 Å². The molecule has 3 aromatic rings. The number of H-pyrrole nitrogens is 1. The van der Waals surface area contributed by atoms with E-state index in [9.17, 15) is 9.18 Å². The second kappa shape index (κ2) is 6.71. The van der Waals surface area contributed by atoms with Crippen LogP contribution in [0.2, 0.25) is 0 Å². The van der Waals surface area contributed by atoms with Crippen LogP contribution in [-0.4, -0.2) is 26.6 Å². The number of carbonyl (C=O) groups is 1. The van der Waals surface area contributed by atoms with Gasteiger partial charge in [-0.1, -0.05) is 11.8 Å². The van der Waals surface area contributed by atoms with Gasteiger partial charge in [-0.05, 0) is 29.8 Å². The Kier molecular flexibility index (Phi) is 4.50. The molecule has 0 bridgehead atoms. The van der Waals surface area contributed by atoms with Gasteiger partial charge in [0.2, 0.25) is 5.91 Å². The van der Waals surface area contributed by atoms with E-state index >= 15 is 0 Å². The third-order valence-corrected chi connectivity index (χ3v) is 4.30. The van der Waals surface area contributed by atoms with Crippen molar-refractivity contribution in [2.75, 3.05) is 11.1 Å². The fourth-order valence-corrected chi connectivity index (χ4v) is 2.92. The summed E-state index contributed by atoms with van der Waals surface area (Å²) in [5, 5.41) is 5.71. The Morgan fingerprint density at radius 1 is 1.32 bits per heavy atom. The average Bonchev–Trinajstić information content (AvgIpc) is 3.17. The molecule has 5 nitrogen and oxygen atoms in total. The zero-order valence-electron chi connectivity index (χ0n) is 11.2. The smallest absolute Gasteiger partial charge is 0.236 e. The minimum Gasteiger partial charge on any atom is -0.333 e. The number of imidazole rings is 1. The van der Waals surface area contributed by atoms with Gasteiger partial charge in [0, 0.05) is 11.6 Å². The number of hydrogen-bond acceptors (Lipinski definition) is 5. The Balaban J connectivity index is 1.57. The fourth-order valence-electron chi connectivity index (χ4n) is 1.73. The van der Waals surface area contributed by atoms with Gasteiger partial charge < -0.3 is 10.3 Å². The van der Waals surface area contributed by atoms with Crippen LogP contribution in [0, 0.1) is 5.82 Å². The predicted octanol–water partition coefficient (Wildman–Crippen LogP) is 3.40. The van der Waals surface area contributed by atoms with Crippen molar-refractivity contribution >= 4 is 34.1 Å². The van der Waals surface area contributed by atoms with E-state index in [0.717, 1.165) is 11.3 Å². The maximum atomic E-state index is 12.9. The van der Waals surface area contributed by atoms with Gasteiger partial charge in [-0.25, -0.2) is 14.4 Å². The first kappa shape index (κ1) is 14.7. The minimum absolute atomic E-state index is 0.139. The van der Waals surface area contributed by atoms with E-state index < -0.39 is 0 Å². The van der Waals surface area contributed by atoms with E-state index in [1.807, 2.05) is 0 Å². The summed E-state index contributed by atoms with van der Waals surface area (Å²) in [6.07, 6.45) is 3.29. The van der Waals surface area contributed by atoms with Crippen molar-refractivity contribution in [2.45, 2.75) is 5.16 Å². The molecule has 22 heavy (non-hydrogen) atoms. The lowest BCUT2D eigenvalue weighted by Crippen LogP contribution is -2.13. The maximum absolute atomic E-state index is 12.9. The molecule has 1 amide bonds. The highest BCUT2D eigenvalue weighted by molar-refractivity contribution is 7.99. The Labute approximate surface area is 134 Å². The van der Waals surface area contributed by atoms with E-state index in [-0.39, 0.29) is 17.5 Å².